The highest BCUT2D eigenvalue weighted by Crippen LogP contribution is 2.27. The van der Waals surface area contributed by atoms with E-state index >= 15 is 0 Å². The van der Waals surface area contributed by atoms with Crippen molar-refractivity contribution in [3.8, 4) is 11.5 Å². The van der Waals surface area contributed by atoms with Gasteiger partial charge < -0.3 is 20.3 Å². The third-order valence-corrected chi connectivity index (χ3v) is 5.36. The molecular weight excluding hydrogens is 338 g/mol. The standard InChI is InChI=1S/C23H41NO3/c1-5-23(24,18-25)15-14-20-12-13-21(17-22(20)26-4)27-16-10-8-6-7-9-11-19(2)3/h12-13,17,19,25H,5-11,14-16,18,24H2,1-4H3/t23-/m0/s1. The van der Waals surface area contributed by atoms with Crippen molar-refractivity contribution in [1.29, 1.82) is 0 Å². The Morgan fingerprint density at radius 2 is 1.81 bits per heavy atom. The van der Waals surface area contributed by atoms with Crippen LogP contribution in [0.3, 0.4) is 0 Å². The van der Waals surface area contributed by atoms with Crippen LogP contribution < -0.4 is 15.2 Å². The van der Waals surface area contributed by atoms with E-state index in [1.165, 1.54) is 32.1 Å². The van der Waals surface area contributed by atoms with E-state index in [4.69, 9.17) is 15.2 Å². The van der Waals surface area contributed by atoms with E-state index in [0.29, 0.717) is 0 Å². The van der Waals surface area contributed by atoms with Gasteiger partial charge in [0.25, 0.3) is 0 Å². The number of aliphatic hydroxyl groups excluding tert-OH is 1. The molecule has 1 aromatic rings. The van der Waals surface area contributed by atoms with E-state index in [-0.39, 0.29) is 6.61 Å². The van der Waals surface area contributed by atoms with Crippen molar-refractivity contribution in [2.75, 3.05) is 20.3 Å². The van der Waals surface area contributed by atoms with Crippen LogP contribution in [-0.4, -0.2) is 31.0 Å². The fourth-order valence-corrected chi connectivity index (χ4v) is 3.15. The van der Waals surface area contributed by atoms with Crippen LogP contribution in [0.25, 0.3) is 0 Å². The van der Waals surface area contributed by atoms with E-state index < -0.39 is 5.54 Å². The number of methoxy groups -OCH3 is 1. The Hall–Kier alpha value is -1.26. The molecule has 4 heteroatoms. The molecule has 0 fully saturated rings. The molecule has 156 valence electrons. The lowest BCUT2D eigenvalue weighted by Gasteiger charge is -2.25. The van der Waals surface area contributed by atoms with E-state index in [1.54, 1.807) is 7.11 Å². The van der Waals surface area contributed by atoms with Crippen LogP contribution in [0.1, 0.15) is 77.7 Å². The van der Waals surface area contributed by atoms with Gasteiger partial charge in [-0.25, -0.2) is 0 Å². The smallest absolute Gasteiger partial charge is 0.125 e. The van der Waals surface area contributed by atoms with Gasteiger partial charge in [0.05, 0.1) is 20.3 Å². The average molecular weight is 380 g/mol. The fraction of sp³-hybridized carbons (Fsp3) is 0.739. The Kier molecular flexibility index (Phi) is 11.5. The minimum atomic E-state index is -0.519. The van der Waals surface area contributed by atoms with Gasteiger partial charge >= 0.3 is 0 Å². The van der Waals surface area contributed by atoms with Crippen LogP contribution in [0.2, 0.25) is 0 Å². The normalized spacial score (nSPS) is 13.6. The molecule has 0 heterocycles. The minimum Gasteiger partial charge on any atom is -0.496 e. The first kappa shape index (κ1) is 23.8. The summed E-state index contributed by atoms with van der Waals surface area (Å²) in [6, 6.07) is 6.01. The van der Waals surface area contributed by atoms with Crippen molar-refractivity contribution < 1.29 is 14.6 Å². The summed E-state index contributed by atoms with van der Waals surface area (Å²) in [6.07, 6.45) is 9.89. The van der Waals surface area contributed by atoms with Crippen molar-refractivity contribution in [3.05, 3.63) is 23.8 Å². The highest BCUT2D eigenvalue weighted by molar-refractivity contribution is 5.41. The monoisotopic (exact) mass is 379 g/mol. The van der Waals surface area contributed by atoms with E-state index in [0.717, 1.165) is 55.3 Å². The molecule has 0 aliphatic rings. The summed E-state index contributed by atoms with van der Waals surface area (Å²) in [5.74, 6) is 2.50. The maximum atomic E-state index is 9.47. The number of unbranched alkanes of at least 4 members (excludes halogenated alkanes) is 4. The van der Waals surface area contributed by atoms with Crippen molar-refractivity contribution in [1.82, 2.24) is 0 Å². The molecule has 0 amide bonds. The highest BCUT2D eigenvalue weighted by Gasteiger charge is 2.22. The molecule has 0 bridgehead atoms. The molecule has 0 aromatic heterocycles. The Morgan fingerprint density at radius 3 is 2.44 bits per heavy atom. The topological polar surface area (TPSA) is 64.7 Å². The lowest BCUT2D eigenvalue weighted by Crippen LogP contribution is -2.43. The second-order valence-electron chi connectivity index (χ2n) is 8.15. The summed E-state index contributed by atoms with van der Waals surface area (Å²) in [7, 11) is 1.68. The van der Waals surface area contributed by atoms with Crippen LogP contribution in [-0.2, 0) is 6.42 Å². The molecule has 27 heavy (non-hydrogen) atoms. The number of rotatable bonds is 15. The molecule has 1 aromatic carbocycles. The number of hydrogen-bond donors (Lipinski definition) is 2. The highest BCUT2D eigenvalue weighted by atomic mass is 16.5. The van der Waals surface area contributed by atoms with Gasteiger partial charge in [-0.1, -0.05) is 58.9 Å². The summed E-state index contributed by atoms with van der Waals surface area (Å²) >= 11 is 0. The largest absolute Gasteiger partial charge is 0.496 e. The summed E-state index contributed by atoms with van der Waals surface area (Å²) in [5, 5.41) is 9.47. The minimum absolute atomic E-state index is 0.00444. The number of benzene rings is 1. The van der Waals surface area contributed by atoms with Gasteiger partial charge in [0.1, 0.15) is 11.5 Å². The lowest BCUT2D eigenvalue weighted by molar-refractivity contribution is 0.182. The molecule has 0 radical (unpaired) electrons. The SMILES string of the molecule is CC[C@@](N)(CO)CCc1ccc(OCCCCCCCC(C)C)cc1OC. The molecule has 0 spiro atoms. The predicted molar refractivity (Wildman–Crippen MR) is 114 cm³/mol. The van der Waals surface area contributed by atoms with Crippen molar-refractivity contribution in [2.45, 2.75) is 84.1 Å². The Labute approximate surface area is 166 Å². The van der Waals surface area contributed by atoms with E-state index in [9.17, 15) is 5.11 Å². The summed E-state index contributed by atoms with van der Waals surface area (Å²) in [5.41, 5.74) is 6.77. The molecule has 1 atom stereocenters. The van der Waals surface area contributed by atoms with Gasteiger partial charge in [-0.3, -0.25) is 0 Å². The van der Waals surface area contributed by atoms with E-state index in [2.05, 4.69) is 13.8 Å². The third kappa shape index (κ3) is 9.48. The van der Waals surface area contributed by atoms with Crippen LogP contribution in [0.15, 0.2) is 18.2 Å². The van der Waals surface area contributed by atoms with Gasteiger partial charge in [-0.15, -0.1) is 0 Å². The molecule has 0 saturated carbocycles. The number of nitrogens with two attached hydrogens (primary N) is 1. The first-order valence-electron chi connectivity index (χ1n) is 10.6. The van der Waals surface area contributed by atoms with Crippen molar-refractivity contribution >= 4 is 0 Å². The van der Waals surface area contributed by atoms with Crippen LogP contribution in [0.5, 0.6) is 11.5 Å². The molecule has 0 aliphatic heterocycles. The molecular formula is C23H41NO3. The second kappa shape index (κ2) is 13.0. The summed E-state index contributed by atoms with van der Waals surface area (Å²) < 4.78 is 11.4. The first-order valence-corrected chi connectivity index (χ1v) is 10.6. The number of hydrogen-bond acceptors (Lipinski definition) is 4. The first-order chi connectivity index (χ1) is 12.9. The molecule has 0 saturated heterocycles. The van der Waals surface area contributed by atoms with Crippen LogP contribution in [0.4, 0.5) is 0 Å². The predicted octanol–water partition coefficient (Wildman–Crippen LogP) is 5.10. The fourth-order valence-electron chi connectivity index (χ4n) is 3.15. The molecule has 3 N–H and O–H groups in total. The zero-order valence-electron chi connectivity index (χ0n) is 17.9. The maximum absolute atomic E-state index is 9.47. The van der Waals surface area contributed by atoms with E-state index in [1.807, 2.05) is 25.1 Å². The maximum Gasteiger partial charge on any atom is 0.125 e. The zero-order chi connectivity index (χ0) is 20.1. The number of aryl methyl sites for hydroxylation is 1. The van der Waals surface area contributed by atoms with Gasteiger partial charge in [-0.05, 0) is 43.2 Å². The second-order valence-corrected chi connectivity index (χ2v) is 8.15. The Morgan fingerprint density at radius 1 is 1.11 bits per heavy atom. The van der Waals surface area contributed by atoms with Crippen molar-refractivity contribution in [3.63, 3.8) is 0 Å². The quantitative estimate of drug-likeness (QED) is 0.416. The molecule has 1 rings (SSSR count). The lowest BCUT2D eigenvalue weighted by atomic mass is 9.90. The molecule has 0 unspecified atom stereocenters. The average Bonchev–Trinajstić information content (AvgIpc) is 2.68. The van der Waals surface area contributed by atoms with Gasteiger partial charge in [0.15, 0.2) is 0 Å². The summed E-state index contributed by atoms with van der Waals surface area (Å²) in [4.78, 5) is 0. The zero-order valence-corrected chi connectivity index (χ0v) is 17.9. The van der Waals surface area contributed by atoms with Gasteiger partial charge in [0, 0.05) is 11.6 Å². The molecule has 0 aliphatic carbocycles. The molecule has 4 nitrogen and oxygen atoms in total. The van der Waals surface area contributed by atoms with Gasteiger partial charge in [-0.2, -0.15) is 0 Å². The summed E-state index contributed by atoms with van der Waals surface area (Å²) in [6.45, 7) is 7.34. The van der Waals surface area contributed by atoms with Crippen LogP contribution >= 0.6 is 0 Å². The number of ether oxygens (including phenoxy) is 2. The Balaban J connectivity index is 2.37. The van der Waals surface area contributed by atoms with Crippen LogP contribution in [0, 0.1) is 5.92 Å². The Bertz CT molecular complexity index is 512. The van der Waals surface area contributed by atoms with Crippen molar-refractivity contribution in [2.24, 2.45) is 11.7 Å². The number of aliphatic hydroxyl groups is 1. The van der Waals surface area contributed by atoms with Gasteiger partial charge in [0.2, 0.25) is 0 Å². The third-order valence-electron chi connectivity index (χ3n) is 5.36.